The van der Waals surface area contributed by atoms with Crippen molar-refractivity contribution in [2.75, 3.05) is 43.6 Å². The smallest absolute Gasteiger partial charge is 0.319 e. The summed E-state index contributed by atoms with van der Waals surface area (Å²) >= 11 is 0. The molecule has 0 unspecified atom stereocenters. The van der Waals surface area contributed by atoms with Gasteiger partial charge in [-0.3, -0.25) is 4.79 Å². The van der Waals surface area contributed by atoms with Gasteiger partial charge in [0.15, 0.2) is 0 Å². The van der Waals surface area contributed by atoms with Crippen molar-refractivity contribution in [3.8, 4) is 5.75 Å². The van der Waals surface area contributed by atoms with E-state index >= 15 is 0 Å². The first-order valence-electron chi connectivity index (χ1n) is 8.12. The molecule has 0 atom stereocenters. The zero-order chi connectivity index (χ0) is 18.4. The molecule has 25 heavy (non-hydrogen) atoms. The van der Waals surface area contributed by atoms with Crippen molar-refractivity contribution >= 4 is 23.3 Å². The molecule has 0 saturated carbocycles. The first-order chi connectivity index (χ1) is 11.9. The summed E-state index contributed by atoms with van der Waals surface area (Å²) in [5.41, 5.74) is 0.604. The van der Waals surface area contributed by atoms with Gasteiger partial charge in [-0.25, -0.2) is 4.79 Å². The monoisotopic (exact) mass is 347 g/mol. The third-order valence-corrected chi connectivity index (χ3v) is 3.82. The predicted molar refractivity (Wildman–Crippen MR) is 97.2 cm³/mol. The number of benzene rings is 1. The third-order valence-electron chi connectivity index (χ3n) is 3.82. The Bertz CT molecular complexity index is 658. The van der Waals surface area contributed by atoms with E-state index in [1.54, 1.807) is 36.3 Å². The van der Waals surface area contributed by atoms with Crippen molar-refractivity contribution in [2.45, 2.75) is 13.8 Å². The number of rotatable bonds is 6. The van der Waals surface area contributed by atoms with Crippen LogP contribution in [-0.2, 0) is 9.53 Å². The molecule has 7 nitrogen and oxygen atoms in total. The zero-order valence-electron chi connectivity index (χ0n) is 14.9. The van der Waals surface area contributed by atoms with Gasteiger partial charge < -0.3 is 25.0 Å². The average molecular weight is 347 g/mol. The van der Waals surface area contributed by atoms with E-state index < -0.39 is 5.41 Å². The molecular formula is C18H25N3O4. The number of ether oxygens (including phenoxy) is 2. The fourth-order valence-corrected chi connectivity index (χ4v) is 2.48. The maximum Gasteiger partial charge on any atom is 0.319 e. The standard InChI is InChI=1S/C18H25N3O4/c1-5-9-21-14-7-6-13(20-17(23)19-8-10-24-4)11-15(14)25-12-18(2,3)16(21)22/h5-7,11H,1,8-10,12H2,2-4H3,(H2,19,20,23). The molecule has 0 saturated heterocycles. The summed E-state index contributed by atoms with van der Waals surface area (Å²) in [7, 11) is 1.57. The number of carbonyl (C=O) groups excluding carboxylic acids is 2. The Morgan fingerprint density at radius 2 is 2.24 bits per heavy atom. The average Bonchev–Trinajstić information content (AvgIpc) is 2.66. The van der Waals surface area contributed by atoms with E-state index in [0.717, 1.165) is 0 Å². The van der Waals surface area contributed by atoms with Crippen LogP contribution in [0, 0.1) is 5.41 Å². The summed E-state index contributed by atoms with van der Waals surface area (Å²) in [5.74, 6) is 0.527. The molecule has 0 bridgehead atoms. The van der Waals surface area contributed by atoms with Crippen molar-refractivity contribution in [3.05, 3.63) is 30.9 Å². The quantitative estimate of drug-likeness (QED) is 0.612. The molecule has 7 heteroatoms. The molecule has 1 aliphatic rings. The largest absolute Gasteiger partial charge is 0.490 e. The van der Waals surface area contributed by atoms with Gasteiger partial charge in [-0.15, -0.1) is 6.58 Å². The van der Waals surface area contributed by atoms with Crippen LogP contribution in [0.4, 0.5) is 16.2 Å². The minimum atomic E-state index is -0.646. The van der Waals surface area contributed by atoms with Gasteiger partial charge in [-0.2, -0.15) is 0 Å². The highest BCUT2D eigenvalue weighted by atomic mass is 16.5. The first kappa shape index (κ1) is 18.8. The lowest BCUT2D eigenvalue weighted by atomic mass is 9.93. The van der Waals surface area contributed by atoms with Crippen LogP contribution in [0.1, 0.15) is 13.8 Å². The fourth-order valence-electron chi connectivity index (χ4n) is 2.48. The highest BCUT2D eigenvalue weighted by molar-refractivity contribution is 6.00. The van der Waals surface area contributed by atoms with E-state index in [0.29, 0.717) is 36.8 Å². The maximum absolute atomic E-state index is 12.7. The number of methoxy groups -OCH3 is 1. The molecule has 2 N–H and O–H groups in total. The topological polar surface area (TPSA) is 79.9 Å². The molecule has 2 rings (SSSR count). The SMILES string of the molecule is C=CCN1C(=O)C(C)(C)COc2cc(NC(=O)NCCOC)ccc21. The molecule has 0 spiro atoms. The highest BCUT2D eigenvalue weighted by Gasteiger charge is 2.37. The molecule has 0 aromatic heterocycles. The molecule has 0 fully saturated rings. The summed E-state index contributed by atoms with van der Waals surface area (Å²) in [6, 6.07) is 4.89. The summed E-state index contributed by atoms with van der Waals surface area (Å²) in [5, 5.41) is 5.42. The van der Waals surface area contributed by atoms with Gasteiger partial charge in [0.2, 0.25) is 5.91 Å². The van der Waals surface area contributed by atoms with Crippen LogP contribution in [0.15, 0.2) is 30.9 Å². The van der Waals surface area contributed by atoms with E-state index in [4.69, 9.17) is 9.47 Å². The van der Waals surface area contributed by atoms with Crippen LogP contribution in [0.2, 0.25) is 0 Å². The zero-order valence-corrected chi connectivity index (χ0v) is 14.9. The van der Waals surface area contributed by atoms with Crippen molar-refractivity contribution in [1.29, 1.82) is 0 Å². The normalized spacial score (nSPS) is 15.6. The lowest BCUT2D eigenvalue weighted by molar-refractivity contribution is -0.127. The minimum Gasteiger partial charge on any atom is -0.490 e. The summed E-state index contributed by atoms with van der Waals surface area (Å²) < 4.78 is 10.7. The van der Waals surface area contributed by atoms with Crippen LogP contribution in [-0.4, -0.2) is 45.4 Å². The Labute approximate surface area is 148 Å². The van der Waals surface area contributed by atoms with Crippen LogP contribution in [0.25, 0.3) is 0 Å². The molecule has 0 aliphatic carbocycles. The molecule has 1 aromatic rings. The van der Waals surface area contributed by atoms with Gasteiger partial charge in [-0.05, 0) is 26.0 Å². The van der Waals surface area contributed by atoms with Crippen molar-refractivity contribution in [2.24, 2.45) is 5.41 Å². The van der Waals surface area contributed by atoms with Crippen molar-refractivity contribution in [3.63, 3.8) is 0 Å². The van der Waals surface area contributed by atoms with E-state index in [9.17, 15) is 9.59 Å². The summed E-state index contributed by atoms with van der Waals surface area (Å²) in [6.45, 7) is 8.92. The van der Waals surface area contributed by atoms with Gasteiger partial charge in [-0.1, -0.05) is 6.08 Å². The molecule has 1 heterocycles. The fraction of sp³-hybridized carbons (Fsp3) is 0.444. The number of hydrogen-bond acceptors (Lipinski definition) is 4. The summed E-state index contributed by atoms with van der Waals surface area (Å²) in [6.07, 6.45) is 1.68. The maximum atomic E-state index is 12.7. The second kappa shape index (κ2) is 8.02. The van der Waals surface area contributed by atoms with Gasteiger partial charge in [0.25, 0.3) is 0 Å². The van der Waals surface area contributed by atoms with Crippen LogP contribution in [0.5, 0.6) is 5.75 Å². The Hall–Kier alpha value is -2.54. The number of hydrogen-bond donors (Lipinski definition) is 2. The Morgan fingerprint density at radius 3 is 2.92 bits per heavy atom. The van der Waals surface area contributed by atoms with Gasteiger partial charge >= 0.3 is 6.03 Å². The molecule has 0 radical (unpaired) electrons. The lowest BCUT2D eigenvalue weighted by Crippen LogP contribution is -2.42. The Kier molecular flexibility index (Phi) is 6.03. The van der Waals surface area contributed by atoms with Crippen LogP contribution in [0.3, 0.4) is 0 Å². The van der Waals surface area contributed by atoms with Gasteiger partial charge in [0, 0.05) is 32.0 Å². The number of amides is 3. The molecule has 1 aromatic carbocycles. The molecular weight excluding hydrogens is 322 g/mol. The lowest BCUT2D eigenvalue weighted by Gasteiger charge is -2.27. The highest BCUT2D eigenvalue weighted by Crippen LogP contribution is 2.38. The van der Waals surface area contributed by atoms with E-state index in [2.05, 4.69) is 17.2 Å². The number of nitrogens with zero attached hydrogens (tertiary/aromatic N) is 1. The van der Waals surface area contributed by atoms with E-state index in [1.165, 1.54) is 0 Å². The number of carbonyl (C=O) groups is 2. The summed E-state index contributed by atoms with van der Waals surface area (Å²) in [4.78, 5) is 26.2. The number of urea groups is 1. The van der Waals surface area contributed by atoms with E-state index in [1.807, 2.05) is 13.8 Å². The molecule has 3 amide bonds. The van der Waals surface area contributed by atoms with Crippen LogP contribution >= 0.6 is 0 Å². The second-order valence-corrected chi connectivity index (χ2v) is 6.43. The molecule has 1 aliphatic heterocycles. The Balaban J connectivity index is 2.21. The predicted octanol–water partition coefficient (Wildman–Crippen LogP) is 2.39. The Morgan fingerprint density at radius 1 is 1.48 bits per heavy atom. The number of nitrogens with one attached hydrogen (secondary N) is 2. The number of anilines is 2. The van der Waals surface area contributed by atoms with E-state index in [-0.39, 0.29) is 18.5 Å². The second-order valence-electron chi connectivity index (χ2n) is 6.43. The minimum absolute atomic E-state index is 0.0239. The van der Waals surface area contributed by atoms with Gasteiger partial charge in [0.05, 0.1) is 17.7 Å². The van der Waals surface area contributed by atoms with Crippen molar-refractivity contribution in [1.82, 2.24) is 5.32 Å². The van der Waals surface area contributed by atoms with Crippen molar-refractivity contribution < 1.29 is 19.1 Å². The van der Waals surface area contributed by atoms with Gasteiger partial charge in [0.1, 0.15) is 12.4 Å². The first-order valence-corrected chi connectivity index (χ1v) is 8.12. The third kappa shape index (κ3) is 4.51. The number of fused-ring (bicyclic) bond motifs is 1. The van der Waals surface area contributed by atoms with Crippen LogP contribution < -0.4 is 20.3 Å². The molecule has 136 valence electrons.